The van der Waals surface area contributed by atoms with E-state index in [0.717, 1.165) is 5.56 Å². The van der Waals surface area contributed by atoms with Crippen LogP contribution in [0.5, 0.6) is 0 Å². The van der Waals surface area contributed by atoms with Crippen molar-refractivity contribution in [3.8, 4) is 0 Å². The van der Waals surface area contributed by atoms with E-state index in [9.17, 15) is 14.2 Å². The second-order valence-electron chi connectivity index (χ2n) is 5.84. The fourth-order valence-corrected chi connectivity index (χ4v) is 3.72. The SMILES string of the molecule is CC(=O)NC(Cc1ccc(NP(=O)(N(C)C)N(C)C)cc1)C(=O)O. The topological polar surface area (TPSA) is 102 Å². The van der Waals surface area contributed by atoms with Crippen LogP contribution >= 0.6 is 7.59 Å². The maximum atomic E-state index is 12.9. The number of carboxylic acids is 1. The molecule has 0 spiro atoms. The third kappa shape index (κ3) is 5.33. The predicted molar refractivity (Wildman–Crippen MR) is 94.0 cm³/mol. The number of amides is 1. The summed E-state index contributed by atoms with van der Waals surface area (Å²) >= 11 is 0. The molecule has 24 heavy (non-hydrogen) atoms. The molecule has 0 fully saturated rings. The fourth-order valence-electron chi connectivity index (χ4n) is 2.12. The highest BCUT2D eigenvalue weighted by atomic mass is 31.2. The van der Waals surface area contributed by atoms with Gasteiger partial charge in [-0.25, -0.2) is 14.1 Å². The molecule has 0 saturated carbocycles. The maximum absolute atomic E-state index is 12.9. The van der Waals surface area contributed by atoms with E-state index >= 15 is 0 Å². The minimum absolute atomic E-state index is 0.175. The fraction of sp³-hybridized carbons (Fsp3) is 0.467. The monoisotopic (exact) mass is 356 g/mol. The van der Waals surface area contributed by atoms with E-state index in [4.69, 9.17) is 5.11 Å². The van der Waals surface area contributed by atoms with Gasteiger partial charge in [-0.15, -0.1) is 0 Å². The van der Waals surface area contributed by atoms with E-state index in [2.05, 4.69) is 10.4 Å². The molecule has 0 aliphatic rings. The number of hydrogen-bond acceptors (Lipinski definition) is 3. The van der Waals surface area contributed by atoms with Gasteiger partial charge in [0.2, 0.25) is 5.91 Å². The average molecular weight is 356 g/mol. The Morgan fingerprint density at radius 2 is 1.62 bits per heavy atom. The summed E-state index contributed by atoms with van der Waals surface area (Å²) in [7, 11) is 4.02. The molecule has 1 rings (SSSR count). The minimum Gasteiger partial charge on any atom is -0.480 e. The van der Waals surface area contributed by atoms with E-state index in [0.29, 0.717) is 5.69 Å². The standard InChI is InChI=1S/C15H25N4O4P/c1-11(20)16-14(15(21)22)10-12-6-8-13(9-7-12)17-24(23,18(2)3)19(4)5/h6-9,14H,10H2,1-5H3,(H,16,20)(H,17,23)(H,21,22). The Morgan fingerprint density at radius 3 is 2.00 bits per heavy atom. The van der Waals surface area contributed by atoms with Crippen molar-refractivity contribution in [3.05, 3.63) is 29.8 Å². The quantitative estimate of drug-likeness (QED) is 0.606. The number of rotatable bonds is 8. The summed E-state index contributed by atoms with van der Waals surface area (Å²) in [4.78, 5) is 22.2. The highest BCUT2D eigenvalue weighted by Crippen LogP contribution is 2.48. The van der Waals surface area contributed by atoms with Gasteiger partial charge in [-0.3, -0.25) is 9.36 Å². The molecule has 0 heterocycles. The Labute approximate surface area is 142 Å². The van der Waals surface area contributed by atoms with Crippen molar-refractivity contribution in [2.24, 2.45) is 0 Å². The normalized spacial score (nSPS) is 13.0. The first kappa shape index (κ1) is 20.2. The van der Waals surface area contributed by atoms with Crippen molar-refractivity contribution in [3.63, 3.8) is 0 Å². The summed E-state index contributed by atoms with van der Waals surface area (Å²) < 4.78 is 16.1. The van der Waals surface area contributed by atoms with Crippen LogP contribution < -0.4 is 10.4 Å². The van der Waals surface area contributed by atoms with Crippen LogP contribution in [0.2, 0.25) is 0 Å². The van der Waals surface area contributed by atoms with Crippen LogP contribution in [0.25, 0.3) is 0 Å². The Morgan fingerprint density at radius 1 is 1.12 bits per heavy atom. The number of anilines is 1. The number of carbonyl (C=O) groups excluding carboxylic acids is 1. The lowest BCUT2D eigenvalue weighted by molar-refractivity contribution is -0.141. The number of carbonyl (C=O) groups is 2. The summed E-state index contributed by atoms with van der Waals surface area (Å²) in [6.45, 7) is 1.28. The molecule has 0 bridgehead atoms. The molecule has 0 aromatic heterocycles. The van der Waals surface area contributed by atoms with Gasteiger partial charge in [-0.1, -0.05) is 12.1 Å². The van der Waals surface area contributed by atoms with Gasteiger partial charge in [0.25, 0.3) is 0 Å². The average Bonchev–Trinajstić information content (AvgIpc) is 2.47. The summed E-state index contributed by atoms with van der Waals surface area (Å²) in [6, 6.07) is 5.99. The third-order valence-electron chi connectivity index (χ3n) is 3.43. The van der Waals surface area contributed by atoms with Crippen LogP contribution in [0.15, 0.2) is 24.3 Å². The first-order chi connectivity index (χ1) is 11.1. The van der Waals surface area contributed by atoms with Crippen LogP contribution in [0, 0.1) is 0 Å². The largest absolute Gasteiger partial charge is 0.480 e. The van der Waals surface area contributed by atoms with Crippen molar-refractivity contribution in [1.29, 1.82) is 0 Å². The van der Waals surface area contributed by atoms with Gasteiger partial charge in [0.05, 0.1) is 0 Å². The van der Waals surface area contributed by atoms with Crippen LogP contribution in [-0.2, 0) is 20.6 Å². The minimum atomic E-state index is -2.90. The Hall–Kier alpha value is -1.89. The van der Waals surface area contributed by atoms with Gasteiger partial charge in [-0.05, 0) is 45.9 Å². The van der Waals surface area contributed by atoms with Crippen molar-refractivity contribution in [2.45, 2.75) is 19.4 Å². The van der Waals surface area contributed by atoms with Gasteiger partial charge in [0.1, 0.15) is 6.04 Å². The van der Waals surface area contributed by atoms with Crippen molar-refractivity contribution in [1.82, 2.24) is 14.7 Å². The molecular weight excluding hydrogens is 331 g/mol. The third-order valence-corrected chi connectivity index (χ3v) is 6.15. The second kappa shape index (κ2) is 8.28. The summed E-state index contributed by atoms with van der Waals surface area (Å²) in [5.74, 6) is -1.48. The molecule has 134 valence electrons. The van der Waals surface area contributed by atoms with Gasteiger partial charge >= 0.3 is 13.6 Å². The van der Waals surface area contributed by atoms with Crippen molar-refractivity contribution < 1.29 is 19.3 Å². The molecule has 0 aliphatic carbocycles. The van der Waals surface area contributed by atoms with Crippen molar-refractivity contribution in [2.75, 3.05) is 33.3 Å². The van der Waals surface area contributed by atoms with Gasteiger partial charge in [-0.2, -0.15) is 0 Å². The zero-order chi connectivity index (χ0) is 18.5. The predicted octanol–water partition coefficient (Wildman–Crippen LogP) is 1.46. The number of carboxylic acid groups (broad SMARTS) is 1. The number of hydrogen-bond donors (Lipinski definition) is 3. The molecule has 3 N–H and O–H groups in total. The summed E-state index contributed by atoms with van der Waals surface area (Å²) in [6.07, 6.45) is 0.175. The number of nitrogens with zero attached hydrogens (tertiary/aromatic N) is 2. The highest BCUT2D eigenvalue weighted by Gasteiger charge is 2.28. The van der Waals surface area contributed by atoms with E-state index < -0.39 is 25.5 Å². The Kier molecular flexibility index (Phi) is 6.95. The molecule has 0 radical (unpaired) electrons. The molecule has 1 aromatic carbocycles. The van der Waals surface area contributed by atoms with Crippen molar-refractivity contribution >= 4 is 25.2 Å². The lowest BCUT2D eigenvalue weighted by Gasteiger charge is -2.31. The lowest BCUT2D eigenvalue weighted by atomic mass is 10.1. The molecule has 8 nitrogen and oxygen atoms in total. The molecule has 1 amide bonds. The molecule has 1 unspecified atom stereocenters. The number of benzene rings is 1. The molecule has 1 aromatic rings. The molecule has 1 atom stereocenters. The Bertz CT molecular complexity index is 619. The zero-order valence-corrected chi connectivity index (χ0v) is 15.5. The molecule has 0 saturated heterocycles. The van der Waals surface area contributed by atoms with Crippen LogP contribution in [-0.4, -0.2) is 60.6 Å². The molecule has 9 heteroatoms. The first-order valence-corrected chi connectivity index (χ1v) is 9.00. The number of aliphatic carboxylic acids is 1. The zero-order valence-electron chi connectivity index (χ0n) is 14.6. The van der Waals surface area contributed by atoms with E-state index in [-0.39, 0.29) is 6.42 Å². The highest BCUT2D eigenvalue weighted by molar-refractivity contribution is 7.60. The molecular formula is C15H25N4O4P. The van der Waals surface area contributed by atoms with E-state index in [1.54, 1.807) is 61.8 Å². The van der Waals surface area contributed by atoms with E-state index in [1.807, 2.05) is 0 Å². The van der Waals surface area contributed by atoms with Crippen LogP contribution in [0.3, 0.4) is 0 Å². The summed E-state index contributed by atoms with van der Waals surface area (Å²) in [5, 5.41) is 14.5. The van der Waals surface area contributed by atoms with Gasteiger partial charge in [0, 0.05) is 19.0 Å². The first-order valence-electron chi connectivity index (χ1n) is 7.39. The van der Waals surface area contributed by atoms with E-state index in [1.165, 1.54) is 6.92 Å². The smallest absolute Gasteiger partial charge is 0.326 e. The second-order valence-corrected chi connectivity index (χ2v) is 8.75. The van der Waals surface area contributed by atoms with Gasteiger partial charge < -0.3 is 15.5 Å². The molecule has 0 aliphatic heterocycles. The Balaban J connectivity index is 2.87. The van der Waals surface area contributed by atoms with Crippen LogP contribution in [0.4, 0.5) is 5.69 Å². The van der Waals surface area contributed by atoms with Crippen LogP contribution in [0.1, 0.15) is 12.5 Å². The maximum Gasteiger partial charge on any atom is 0.326 e. The number of nitrogens with one attached hydrogen (secondary N) is 2. The summed E-state index contributed by atoms with van der Waals surface area (Å²) in [5.41, 5.74) is 1.42. The van der Waals surface area contributed by atoms with Gasteiger partial charge in [0.15, 0.2) is 0 Å². The lowest BCUT2D eigenvalue weighted by Crippen LogP contribution is -2.41.